The second-order valence-electron chi connectivity index (χ2n) is 9.49. The van der Waals surface area contributed by atoms with Crippen LogP contribution < -0.4 is 5.46 Å². The third-order valence-corrected chi connectivity index (χ3v) is 7.61. The van der Waals surface area contributed by atoms with E-state index in [0.717, 1.165) is 29.1 Å². The lowest BCUT2D eigenvalue weighted by molar-refractivity contribution is 0.00578. The van der Waals surface area contributed by atoms with Gasteiger partial charge in [0.1, 0.15) is 12.4 Å². The van der Waals surface area contributed by atoms with E-state index < -0.39 is 26.4 Å². The number of nitrogens with zero attached hydrogens (tertiary/aromatic N) is 2. The van der Waals surface area contributed by atoms with E-state index in [4.69, 9.17) is 25.6 Å². The number of rotatable bonds is 6. The Bertz CT molecular complexity index is 816. The molecular weight excluding hydrogens is 379 g/mol. The Kier molecular flexibility index (Phi) is 5.56. The lowest BCUT2D eigenvalue weighted by atomic mass is 9.80. The minimum Gasteiger partial charge on any atom is -0.399 e. The van der Waals surface area contributed by atoms with E-state index in [1.54, 1.807) is 6.20 Å². The Balaban J connectivity index is 1.77. The van der Waals surface area contributed by atoms with Crippen LogP contribution in [-0.2, 0) is 20.8 Å². The van der Waals surface area contributed by atoms with Crippen molar-refractivity contribution in [1.82, 2.24) is 9.55 Å². The predicted molar refractivity (Wildman–Crippen MR) is 115 cm³/mol. The van der Waals surface area contributed by atoms with Gasteiger partial charge >= 0.3 is 7.12 Å². The average Bonchev–Trinajstić information content (AvgIpc) is 3.02. The molecule has 0 spiro atoms. The summed E-state index contributed by atoms with van der Waals surface area (Å²) >= 11 is 6.69. The van der Waals surface area contributed by atoms with E-state index in [2.05, 4.69) is 24.6 Å². The summed E-state index contributed by atoms with van der Waals surface area (Å²) in [5.74, 6) is 0. The van der Waals surface area contributed by atoms with Crippen LogP contribution in [0.5, 0.6) is 0 Å². The van der Waals surface area contributed by atoms with E-state index in [1.165, 1.54) is 0 Å². The van der Waals surface area contributed by atoms with E-state index in [-0.39, 0.29) is 0 Å². The molecule has 2 aromatic rings. The van der Waals surface area contributed by atoms with Crippen molar-refractivity contribution in [1.29, 1.82) is 0 Å². The van der Waals surface area contributed by atoms with Gasteiger partial charge in [-0.2, -0.15) is 0 Å². The molecule has 0 amide bonds. The molecule has 2 aromatic heterocycles. The highest BCUT2D eigenvalue weighted by molar-refractivity contribution is 6.76. The summed E-state index contributed by atoms with van der Waals surface area (Å²) in [5, 5.41) is 1.51. The standard InChI is InChI=1S/C19H30BClN2O3Si/c1-18(2)19(3,4)26-20(25-18)15-12-22-17-14(16(15)21)8-9-23(17)13-24-10-11-27(5,6)7/h8-9,12H,10-11,13H2,1-7H3. The highest BCUT2D eigenvalue weighted by Crippen LogP contribution is 2.37. The number of hydrogen-bond donors (Lipinski definition) is 0. The zero-order chi connectivity index (χ0) is 20.0. The van der Waals surface area contributed by atoms with Crippen LogP contribution in [0.2, 0.25) is 30.7 Å². The Hall–Kier alpha value is -0.858. The van der Waals surface area contributed by atoms with Crippen molar-refractivity contribution in [2.24, 2.45) is 0 Å². The van der Waals surface area contributed by atoms with Gasteiger partial charge in [0, 0.05) is 37.9 Å². The molecule has 0 radical (unpaired) electrons. The Morgan fingerprint density at radius 3 is 2.41 bits per heavy atom. The van der Waals surface area contributed by atoms with Crippen molar-refractivity contribution in [2.45, 2.75) is 71.3 Å². The minimum absolute atomic E-state index is 0.411. The lowest BCUT2D eigenvalue weighted by Gasteiger charge is -2.32. The Morgan fingerprint density at radius 2 is 1.81 bits per heavy atom. The predicted octanol–water partition coefficient (Wildman–Crippen LogP) is 4.30. The molecule has 0 atom stereocenters. The maximum absolute atomic E-state index is 6.69. The van der Waals surface area contributed by atoms with Gasteiger partial charge < -0.3 is 18.6 Å². The molecule has 0 N–H and O–H groups in total. The first-order valence-electron chi connectivity index (χ1n) is 9.48. The Labute approximate surface area is 168 Å². The molecule has 0 bridgehead atoms. The van der Waals surface area contributed by atoms with Crippen LogP contribution in [-0.4, -0.2) is 42.6 Å². The van der Waals surface area contributed by atoms with Crippen LogP contribution in [0, 0.1) is 0 Å². The molecule has 0 saturated carbocycles. The van der Waals surface area contributed by atoms with Gasteiger partial charge in [-0.25, -0.2) is 4.98 Å². The Morgan fingerprint density at radius 1 is 1.19 bits per heavy atom. The van der Waals surface area contributed by atoms with Gasteiger partial charge in [0.25, 0.3) is 0 Å². The fourth-order valence-electron chi connectivity index (χ4n) is 2.90. The molecule has 1 fully saturated rings. The molecule has 148 valence electrons. The van der Waals surface area contributed by atoms with E-state index >= 15 is 0 Å². The number of ether oxygens (including phenoxy) is 1. The third kappa shape index (κ3) is 4.27. The maximum atomic E-state index is 6.69. The average molecular weight is 409 g/mol. The molecular formula is C19H30BClN2O3Si. The monoisotopic (exact) mass is 408 g/mol. The molecule has 1 saturated heterocycles. The van der Waals surface area contributed by atoms with Gasteiger partial charge in [-0.3, -0.25) is 0 Å². The highest BCUT2D eigenvalue weighted by atomic mass is 35.5. The molecule has 8 heteroatoms. The summed E-state index contributed by atoms with van der Waals surface area (Å²) in [4.78, 5) is 4.62. The highest BCUT2D eigenvalue weighted by Gasteiger charge is 2.52. The van der Waals surface area contributed by atoms with Gasteiger partial charge in [0.05, 0.1) is 16.2 Å². The summed E-state index contributed by atoms with van der Waals surface area (Å²) in [7, 11) is -1.60. The van der Waals surface area contributed by atoms with Gasteiger partial charge in [0.15, 0.2) is 0 Å². The van der Waals surface area contributed by atoms with Crippen LogP contribution in [0.15, 0.2) is 18.5 Å². The molecule has 3 heterocycles. The van der Waals surface area contributed by atoms with E-state index in [0.29, 0.717) is 11.8 Å². The summed E-state index contributed by atoms with van der Waals surface area (Å²) in [6, 6.07) is 3.12. The quantitative estimate of drug-likeness (QED) is 0.528. The number of pyridine rings is 1. The van der Waals surface area contributed by atoms with Crippen LogP contribution in [0.1, 0.15) is 27.7 Å². The number of aromatic nitrogens is 2. The van der Waals surface area contributed by atoms with Gasteiger partial charge in [0.2, 0.25) is 0 Å². The molecule has 1 aliphatic rings. The van der Waals surface area contributed by atoms with Crippen molar-refractivity contribution in [2.75, 3.05) is 6.61 Å². The first-order valence-corrected chi connectivity index (χ1v) is 13.6. The van der Waals surface area contributed by atoms with Gasteiger partial charge in [-0.05, 0) is 39.8 Å². The van der Waals surface area contributed by atoms with Crippen molar-refractivity contribution in [3.8, 4) is 0 Å². The van der Waals surface area contributed by atoms with E-state index in [9.17, 15) is 0 Å². The molecule has 5 nitrogen and oxygen atoms in total. The van der Waals surface area contributed by atoms with E-state index in [1.807, 2.05) is 44.5 Å². The molecule has 3 rings (SSSR count). The second kappa shape index (κ2) is 7.19. The first kappa shape index (κ1) is 20.9. The van der Waals surface area contributed by atoms with Gasteiger partial charge in [-0.1, -0.05) is 31.2 Å². The summed E-state index contributed by atoms with van der Waals surface area (Å²) in [6.45, 7) is 16.4. The van der Waals surface area contributed by atoms with Crippen LogP contribution in [0.25, 0.3) is 11.0 Å². The smallest absolute Gasteiger partial charge is 0.399 e. The van der Waals surface area contributed by atoms with Gasteiger partial charge in [-0.15, -0.1) is 0 Å². The fraction of sp³-hybridized carbons (Fsp3) is 0.632. The van der Waals surface area contributed by atoms with Crippen molar-refractivity contribution >= 4 is 43.3 Å². The topological polar surface area (TPSA) is 45.5 Å². The fourth-order valence-corrected chi connectivity index (χ4v) is 3.94. The van der Waals surface area contributed by atoms with Crippen LogP contribution >= 0.6 is 11.6 Å². The number of halogens is 1. The second-order valence-corrected chi connectivity index (χ2v) is 15.5. The summed E-state index contributed by atoms with van der Waals surface area (Å²) in [5.41, 5.74) is 0.756. The van der Waals surface area contributed by atoms with Crippen LogP contribution in [0.4, 0.5) is 0 Å². The van der Waals surface area contributed by atoms with Crippen molar-refractivity contribution < 1.29 is 14.0 Å². The molecule has 0 aromatic carbocycles. The summed E-state index contributed by atoms with van der Waals surface area (Å²) < 4.78 is 20.1. The molecule has 0 unspecified atom stereocenters. The lowest BCUT2D eigenvalue weighted by Crippen LogP contribution is -2.41. The number of fused-ring (bicyclic) bond motifs is 1. The minimum atomic E-state index is -1.09. The maximum Gasteiger partial charge on any atom is 0.497 e. The normalized spacial score (nSPS) is 19.2. The zero-order valence-corrected chi connectivity index (χ0v) is 19.2. The largest absolute Gasteiger partial charge is 0.497 e. The SMILES string of the molecule is CC1(C)OB(c2cnc3c(ccn3COCC[Si](C)(C)C)c2Cl)OC1(C)C. The molecule has 0 aliphatic carbocycles. The summed E-state index contributed by atoms with van der Waals surface area (Å²) in [6.07, 6.45) is 3.72. The molecule has 1 aliphatic heterocycles. The van der Waals surface area contributed by atoms with Crippen molar-refractivity contribution in [3.63, 3.8) is 0 Å². The van der Waals surface area contributed by atoms with Crippen molar-refractivity contribution in [3.05, 3.63) is 23.5 Å². The molecule has 27 heavy (non-hydrogen) atoms. The third-order valence-electron chi connectivity index (χ3n) is 5.48. The first-order chi connectivity index (χ1) is 12.4. The number of hydrogen-bond acceptors (Lipinski definition) is 4. The van der Waals surface area contributed by atoms with Crippen LogP contribution in [0.3, 0.4) is 0 Å². The zero-order valence-electron chi connectivity index (χ0n) is 17.4.